The predicted molar refractivity (Wildman–Crippen MR) is 158 cm³/mol. The van der Waals surface area contributed by atoms with Crippen LogP contribution in [0.4, 0.5) is 5.69 Å². The lowest BCUT2D eigenvalue weighted by Gasteiger charge is -2.59. The van der Waals surface area contributed by atoms with Crippen LogP contribution in [0.25, 0.3) is 0 Å². The summed E-state index contributed by atoms with van der Waals surface area (Å²) in [7, 11) is 1.64. The van der Waals surface area contributed by atoms with Crippen molar-refractivity contribution in [1.82, 2.24) is 5.32 Å². The number of fused-ring (bicyclic) bond motifs is 4. The van der Waals surface area contributed by atoms with Gasteiger partial charge in [-0.05, 0) is 56.6 Å². The Balaban J connectivity index is 1.77. The van der Waals surface area contributed by atoms with Gasteiger partial charge < -0.3 is 20.1 Å². The van der Waals surface area contributed by atoms with Crippen LogP contribution in [0.15, 0.2) is 54.7 Å². The lowest BCUT2D eigenvalue weighted by Crippen LogP contribution is -2.67. The highest BCUT2D eigenvalue weighted by Crippen LogP contribution is 2.61. The van der Waals surface area contributed by atoms with Crippen LogP contribution in [0.1, 0.15) is 52.0 Å². The van der Waals surface area contributed by atoms with Gasteiger partial charge in [0.1, 0.15) is 17.7 Å². The van der Waals surface area contributed by atoms with E-state index in [0.29, 0.717) is 34.7 Å². The fraction of sp³-hybridized carbons (Fsp3) is 0.562. The highest BCUT2D eigenvalue weighted by Gasteiger charge is 2.71. The van der Waals surface area contributed by atoms with Crippen LogP contribution in [-0.4, -0.2) is 58.3 Å². The Bertz CT molecular complexity index is 1330. The molecule has 1 unspecified atom stereocenters. The van der Waals surface area contributed by atoms with E-state index in [9.17, 15) is 24.9 Å². The van der Waals surface area contributed by atoms with Crippen molar-refractivity contribution < 1.29 is 34.5 Å². The summed E-state index contributed by atoms with van der Waals surface area (Å²) in [6, 6.07) is 3.70. The van der Waals surface area contributed by atoms with Crippen molar-refractivity contribution in [3.8, 4) is 0 Å². The van der Waals surface area contributed by atoms with Gasteiger partial charge in [0.2, 0.25) is 0 Å². The molecule has 2 aliphatic carbocycles. The second-order valence-corrected chi connectivity index (χ2v) is 12.9. The maximum atomic E-state index is 13.1. The molecule has 0 bridgehead atoms. The Morgan fingerprint density at radius 1 is 1.29 bits per heavy atom. The van der Waals surface area contributed by atoms with E-state index < -0.39 is 59.3 Å². The number of hydrogen-bond acceptors (Lipinski definition) is 8. The highest BCUT2D eigenvalue weighted by molar-refractivity contribution is 6.33. The van der Waals surface area contributed by atoms with Crippen LogP contribution in [-0.2, 0) is 24.8 Å². The molecule has 10 heteroatoms. The van der Waals surface area contributed by atoms with Crippen LogP contribution in [0, 0.1) is 29.6 Å². The molecule has 0 radical (unpaired) electrons. The Hall–Kier alpha value is -2.69. The van der Waals surface area contributed by atoms with Crippen molar-refractivity contribution in [3.63, 3.8) is 0 Å². The average Bonchev–Trinajstić information content (AvgIpc) is 3.22. The molecule has 10 atom stereocenters. The van der Waals surface area contributed by atoms with Crippen molar-refractivity contribution in [3.05, 3.63) is 65.2 Å². The van der Waals surface area contributed by atoms with Gasteiger partial charge in [-0.15, -0.1) is 6.58 Å². The van der Waals surface area contributed by atoms with Crippen LogP contribution < -0.4 is 10.4 Å². The Morgan fingerprint density at radius 2 is 2.00 bits per heavy atom. The van der Waals surface area contributed by atoms with Crippen molar-refractivity contribution in [1.29, 1.82) is 0 Å². The van der Waals surface area contributed by atoms with E-state index in [1.54, 1.807) is 31.3 Å². The number of aliphatic carboxylic acids is 1. The standard InChI is InChI=1S/C32H41ClN2O7/c1-7-8-12-23(36)41-28-17(4)15-21-19(16(2)3)14-13-18(5)31(21,39)25(28)24-26(29(37)38)34-30-32(24,40)20-10-9-11-22(33)27(20)35(6)42-30/h7,9-11,15,18-19,21,24-26,28,30,34,39-40H,1-2,8,12-14H2,3-6H3,(H,37,38)/t18-,19-,21+,24+,25?,26+,28+,30-,31-,32+/m1/s1. The number of aliphatic hydroxyl groups is 2. The number of anilines is 1. The van der Waals surface area contributed by atoms with Gasteiger partial charge >= 0.3 is 11.9 Å². The molecule has 4 N–H and O–H groups in total. The van der Waals surface area contributed by atoms with Crippen LogP contribution in [0.2, 0.25) is 5.02 Å². The normalized spacial score (nSPS) is 38.9. The number of carbonyl (C=O) groups is 2. The minimum Gasteiger partial charge on any atom is -0.480 e. The molecule has 1 saturated heterocycles. The molecule has 0 amide bonds. The number of benzene rings is 1. The zero-order chi connectivity index (χ0) is 30.7. The topological polar surface area (TPSA) is 129 Å². The number of halogens is 1. The van der Waals surface area contributed by atoms with Gasteiger partial charge in [-0.2, -0.15) is 0 Å². The third-order valence-corrected chi connectivity index (χ3v) is 10.4. The number of hydrogen-bond donors (Lipinski definition) is 4. The molecule has 228 valence electrons. The van der Waals surface area contributed by atoms with Crippen molar-refractivity contribution in [2.45, 2.75) is 76.0 Å². The quantitative estimate of drug-likeness (QED) is 0.267. The second-order valence-electron chi connectivity index (χ2n) is 12.5. The van der Waals surface area contributed by atoms with Crippen molar-refractivity contribution >= 4 is 29.2 Å². The molecule has 1 aromatic rings. The number of rotatable bonds is 7. The van der Waals surface area contributed by atoms with Crippen molar-refractivity contribution in [2.75, 3.05) is 12.1 Å². The number of carboxylic acids is 1. The molecular formula is C32H41ClN2O7. The Kier molecular flexibility index (Phi) is 8.13. The number of nitrogens with one attached hydrogen (secondary N) is 1. The van der Waals surface area contributed by atoms with E-state index >= 15 is 0 Å². The molecule has 0 spiro atoms. The number of carbonyl (C=O) groups excluding carboxylic acids is 1. The first-order chi connectivity index (χ1) is 19.8. The molecular weight excluding hydrogens is 560 g/mol. The molecule has 0 aromatic heterocycles. The molecule has 1 aromatic carbocycles. The van der Waals surface area contributed by atoms with Gasteiger partial charge in [0.05, 0.1) is 16.3 Å². The molecule has 2 aliphatic heterocycles. The monoisotopic (exact) mass is 600 g/mol. The van der Waals surface area contributed by atoms with E-state index in [-0.39, 0.29) is 18.3 Å². The van der Waals surface area contributed by atoms with Crippen LogP contribution in [0.3, 0.4) is 0 Å². The molecule has 5 rings (SSSR count). The second kappa shape index (κ2) is 11.1. The Morgan fingerprint density at radius 3 is 2.64 bits per heavy atom. The third kappa shape index (κ3) is 4.52. The SMILES string of the molecule is C=CCCC(=O)O[C@H]1C(C)=C[C@H]2[C@@H](C(=C)C)CC[C@@H](C)[C@]2(O)C1[C@H]1[C@@H](C(=O)O)N[C@@H]2ON(C)c3c(Cl)cccc3[C@@]21O. The molecule has 4 aliphatic rings. The van der Waals surface area contributed by atoms with E-state index in [1.165, 1.54) is 5.06 Å². The minimum absolute atomic E-state index is 0.0797. The van der Waals surface area contributed by atoms with Gasteiger partial charge in [-0.25, -0.2) is 0 Å². The number of carboxylic acid groups (broad SMARTS) is 1. The summed E-state index contributed by atoms with van der Waals surface area (Å²) in [5.41, 5.74) is -1.14. The number of nitrogens with zero attached hydrogens (tertiary/aromatic N) is 1. The van der Waals surface area contributed by atoms with E-state index in [4.69, 9.17) is 21.2 Å². The predicted octanol–water partition coefficient (Wildman–Crippen LogP) is 4.33. The smallest absolute Gasteiger partial charge is 0.321 e. The van der Waals surface area contributed by atoms with Crippen molar-refractivity contribution in [2.24, 2.45) is 29.6 Å². The first-order valence-corrected chi connectivity index (χ1v) is 14.9. The molecule has 1 saturated carbocycles. The van der Waals surface area contributed by atoms with E-state index in [2.05, 4.69) is 18.5 Å². The fourth-order valence-corrected chi connectivity index (χ4v) is 8.43. The van der Waals surface area contributed by atoms with Crippen LogP contribution in [0.5, 0.6) is 0 Å². The molecule has 9 nitrogen and oxygen atoms in total. The van der Waals surface area contributed by atoms with Gasteiger partial charge in [-0.1, -0.05) is 55.0 Å². The van der Waals surface area contributed by atoms with E-state index in [0.717, 1.165) is 12.0 Å². The summed E-state index contributed by atoms with van der Waals surface area (Å²) in [5, 5.41) is 41.2. The van der Waals surface area contributed by atoms with E-state index in [1.807, 2.05) is 26.8 Å². The number of hydroxylamine groups is 1. The van der Waals surface area contributed by atoms with Crippen LogP contribution >= 0.6 is 11.6 Å². The minimum atomic E-state index is -1.96. The fourth-order valence-electron chi connectivity index (χ4n) is 8.14. The molecule has 2 fully saturated rings. The lowest BCUT2D eigenvalue weighted by molar-refractivity contribution is -0.223. The lowest BCUT2D eigenvalue weighted by atomic mass is 9.49. The van der Waals surface area contributed by atoms with Gasteiger partial charge in [0.25, 0.3) is 0 Å². The zero-order valence-electron chi connectivity index (χ0n) is 24.5. The van der Waals surface area contributed by atoms with Gasteiger partial charge in [0.15, 0.2) is 6.23 Å². The summed E-state index contributed by atoms with van der Waals surface area (Å²) in [6.45, 7) is 13.6. The summed E-state index contributed by atoms with van der Waals surface area (Å²) in [6.07, 6.45) is 3.33. The maximum Gasteiger partial charge on any atom is 0.321 e. The van der Waals surface area contributed by atoms with Gasteiger partial charge in [-0.3, -0.25) is 24.8 Å². The summed E-state index contributed by atoms with van der Waals surface area (Å²) in [5.74, 6) is -4.77. The Labute approximate surface area is 251 Å². The summed E-state index contributed by atoms with van der Waals surface area (Å²) in [4.78, 5) is 32.2. The summed E-state index contributed by atoms with van der Waals surface area (Å²) >= 11 is 6.59. The maximum absolute atomic E-state index is 13.1. The molecule has 2 heterocycles. The number of esters is 1. The number of para-hydroxylation sites is 1. The first kappa shape index (κ1) is 30.8. The zero-order valence-corrected chi connectivity index (χ0v) is 25.3. The van der Waals surface area contributed by atoms with Gasteiger partial charge in [0, 0.05) is 36.8 Å². The summed E-state index contributed by atoms with van der Waals surface area (Å²) < 4.78 is 6.13. The molecule has 42 heavy (non-hydrogen) atoms. The average molecular weight is 601 g/mol. The number of ether oxygens (including phenoxy) is 1. The third-order valence-electron chi connectivity index (χ3n) is 10.1. The highest BCUT2D eigenvalue weighted by atomic mass is 35.5. The largest absolute Gasteiger partial charge is 0.480 e. The number of allylic oxidation sites excluding steroid dienone is 2. The first-order valence-electron chi connectivity index (χ1n) is 14.6.